The lowest BCUT2D eigenvalue weighted by molar-refractivity contribution is 0.934. The van der Waals surface area contributed by atoms with Crippen LogP contribution in [0.1, 0.15) is 11.8 Å². The Morgan fingerprint density at radius 1 is 1.22 bits per heavy atom. The van der Waals surface area contributed by atoms with Crippen molar-refractivity contribution in [1.82, 2.24) is 19.8 Å². The smallest absolute Gasteiger partial charge is 0.185 e. The second-order valence-corrected chi connectivity index (χ2v) is 6.62. The first kappa shape index (κ1) is 14.1. The summed E-state index contributed by atoms with van der Waals surface area (Å²) in [5.74, 6) is 0.648. The molecule has 0 bridgehead atoms. The number of hydrogen-bond acceptors (Lipinski definition) is 6. The normalized spacial score (nSPS) is 12.2. The zero-order chi connectivity index (χ0) is 15.8. The molecule has 0 amide bonds. The fourth-order valence-electron chi connectivity index (χ4n) is 2.31. The topological polar surface area (TPSA) is 67.5 Å². The number of benzene rings is 1. The van der Waals surface area contributed by atoms with Crippen molar-refractivity contribution in [3.63, 3.8) is 0 Å². The molecule has 0 spiro atoms. The number of thiophene rings is 1. The number of hydrogen-bond donors (Lipinski definition) is 1. The maximum atomic E-state index is 5.97. The molecule has 0 atom stereocenters. The van der Waals surface area contributed by atoms with Gasteiger partial charge in [0.2, 0.25) is 0 Å². The van der Waals surface area contributed by atoms with Crippen LogP contribution < -0.4 is 5.43 Å². The Kier molecular flexibility index (Phi) is 3.44. The molecule has 4 rings (SSSR count). The van der Waals surface area contributed by atoms with Crippen LogP contribution in [-0.4, -0.2) is 25.5 Å². The summed E-state index contributed by atoms with van der Waals surface area (Å²) in [6, 6.07) is 11.7. The molecule has 0 unspecified atom stereocenters. The molecule has 0 aliphatic carbocycles. The summed E-state index contributed by atoms with van der Waals surface area (Å²) >= 11 is 7.45. The summed E-state index contributed by atoms with van der Waals surface area (Å²) in [4.78, 5) is 1.01. The van der Waals surface area contributed by atoms with E-state index in [1.165, 1.54) is 11.3 Å². The highest BCUT2D eigenvalue weighted by Crippen LogP contribution is 2.25. The van der Waals surface area contributed by atoms with E-state index in [0.29, 0.717) is 5.82 Å². The molecular formula is C15H11ClN6S. The van der Waals surface area contributed by atoms with E-state index in [1.807, 2.05) is 43.3 Å². The Balaban J connectivity index is 1.78. The van der Waals surface area contributed by atoms with E-state index in [4.69, 9.17) is 11.6 Å². The number of fused-ring (bicyclic) bond motifs is 3. The van der Waals surface area contributed by atoms with Gasteiger partial charge in [-0.1, -0.05) is 35.9 Å². The highest BCUT2D eigenvalue weighted by Gasteiger charge is 2.09. The molecule has 0 fully saturated rings. The van der Waals surface area contributed by atoms with Gasteiger partial charge >= 0.3 is 0 Å². The van der Waals surface area contributed by atoms with E-state index in [0.717, 1.165) is 31.3 Å². The third kappa shape index (κ3) is 2.54. The van der Waals surface area contributed by atoms with Crippen molar-refractivity contribution in [2.75, 3.05) is 5.43 Å². The van der Waals surface area contributed by atoms with E-state index in [2.05, 4.69) is 25.8 Å². The molecule has 3 heterocycles. The van der Waals surface area contributed by atoms with Crippen molar-refractivity contribution < 1.29 is 0 Å². The van der Waals surface area contributed by atoms with Crippen LogP contribution in [0.2, 0.25) is 4.34 Å². The Morgan fingerprint density at radius 2 is 2.04 bits per heavy atom. The van der Waals surface area contributed by atoms with Gasteiger partial charge < -0.3 is 0 Å². The maximum absolute atomic E-state index is 5.97. The number of hydrazone groups is 1. The summed E-state index contributed by atoms with van der Waals surface area (Å²) in [5.41, 5.74) is 4.60. The van der Waals surface area contributed by atoms with Crippen LogP contribution in [0, 0.1) is 0 Å². The summed E-state index contributed by atoms with van der Waals surface area (Å²) in [7, 11) is 0. The molecule has 3 aromatic heterocycles. The first-order valence-electron chi connectivity index (χ1n) is 6.87. The molecule has 23 heavy (non-hydrogen) atoms. The van der Waals surface area contributed by atoms with E-state index in [9.17, 15) is 0 Å². The Morgan fingerprint density at radius 3 is 2.83 bits per heavy atom. The molecule has 0 aliphatic rings. The minimum absolute atomic E-state index is 0.648. The van der Waals surface area contributed by atoms with E-state index in [1.54, 1.807) is 10.8 Å². The van der Waals surface area contributed by atoms with Gasteiger partial charge in [0, 0.05) is 10.8 Å². The number of anilines is 1. The van der Waals surface area contributed by atoms with Gasteiger partial charge in [-0.3, -0.25) is 5.43 Å². The SMILES string of the molecule is C/C(=N/Nc1nn2cnnc2c2ccccc12)c1ccc(Cl)s1. The van der Waals surface area contributed by atoms with Crippen molar-refractivity contribution in [3.8, 4) is 0 Å². The largest absolute Gasteiger partial charge is 0.259 e. The van der Waals surface area contributed by atoms with Gasteiger partial charge in [0.1, 0.15) is 6.33 Å². The molecule has 1 N–H and O–H groups in total. The summed E-state index contributed by atoms with van der Waals surface area (Å²) in [6.07, 6.45) is 1.57. The van der Waals surface area contributed by atoms with Gasteiger partial charge in [-0.2, -0.15) is 9.62 Å². The van der Waals surface area contributed by atoms with Crippen molar-refractivity contribution in [1.29, 1.82) is 0 Å². The number of nitrogens with one attached hydrogen (secondary N) is 1. The highest BCUT2D eigenvalue weighted by atomic mass is 35.5. The lowest BCUT2D eigenvalue weighted by atomic mass is 10.2. The van der Waals surface area contributed by atoms with Gasteiger partial charge in [-0.15, -0.1) is 26.6 Å². The van der Waals surface area contributed by atoms with Gasteiger partial charge in [-0.05, 0) is 19.1 Å². The number of rotatable bonds is 3. The zero-order valence-corrected chi connectivity index (χ0v) is 13.6. The Hall–Kier alpha value is -2.51. The number of halogens is 1. The molecular weight excluding hydrogens is 332 g/mol. The second-order valence-electron chi connectivity index (χ2n) is 4.91. The summed E-state index contributed by atoms with van der Waals surface area (Å²) < 4.78 is 2.38. The third-order valence-electron chi connectivity index (χ3n) is 3.42. The van der Waals surface area contributed by atoms with Gasteiger partial charge in [-0.25, -0.2) is 0 Å². The average molecular weight is 343 g/mol. The van der Waals surface area contributed by atoms with Crippen molar-refractivity contribution >= 4 is 50.9 Å². The molecule has 0 saturated heterocycles. The Labute approximate surface area is 140 Å². The molecule has 4 aromatic rings. The van der Waals surface area contributed by atoms with Crippen LogP contribution in [-0.2, 0) is 0 Å². The lowest BCUT2D eigenvalue weighted by Crippen LogP contribution is -2.03. The predicted molar refractivity (Wildman–Crippen MR) is 93.5 cm³/mol. The molecule has 1 aromatic carbocycles. The lowest BCUT2D eigenvalue weighted by Gasteiger charge is -2.06. The van der Waals surface area contributed by atoms with Gasteiger partial charge in [0.05, 0.1) is 14.9 Å². The van der Waals surface area contributed by atoms with Crippen molar-refractivity contribution in [2.24, 2.45) is 5.10 Å². The van der Waals surface area contributed by atoms with E-state index >= 15 is 0 Å². The van der Waals surface area contributed by atoms with Gasteiger partial charge in [0.15, 0.2) is 11.5 Å². The minimum atomic E-state index is 0.648. The van der Waals surface area contributed by atoms with Gasteiger partial charge in [0.25, 0.3) is 0 Å². The molecule has 6 nitrogen and oxygen atoms in total. The number of nitrogens with zero attached hydrogens (tertiary/aromatic N) is 5. The Bertz CT molecular complexity index is 1030. The van der Waals surface area contributed by atoms with E-state index < -0.39 is 0 Å². The monoisotopic (exact) mass is 342 g/mol. The van der Waals surface area contributed by atoms with Crippen LogP contribution in [0.15, 0.2) is 47.8 Å². The van der Waals surface area contributed by atoms with Crippen LogP contribution in [0.4, 0.5) is 5.82 Å². The standard InChI is InChI=1S/C15H11ClN6S/c1-9(12-6-7-13(16)23-12)18-19-14-10-4-2-3-5-11(10)15-20-17-8-22(15)21-14/h2-8H,1H3,(H,19,21)/b18-9-. The molecule has 0 saturated carbocycles. The molecule has 8 heteroatoms. The van der Waals surface area contributed by atoms with Crippen molar-refractivity contribution in [3.05, 3.63) is 51.9 Å². The van der Waals surface area contributed by atoms with Crippen LogP contribution in [0.3, 0.4) is 0 Å². The highest BCUT2D eigenvalue weighted by molar-refractivity contribution is 7.18. The first-order chi connectivity index (χ1) is 11.2. The molecule has 0 radical (unpaired) electrons. The quantitative estimate of drug-likeness (QED) is 0.454. The van der Waals surface area contributed by atoms with Crippen LogP contribution in [0.25, 0.3) is 16.4 Å². The molecule has 0 aliphatic heterocycles. The van der Waals surface area contributed by atoms with Crippen molar-refractivity contribution in [2.45, 2.75) is 6.92 Å². The average Bonchev–Trinajstić information content (AvgIpc) is 3.21. The molecule has 114 valence electrons. The summed E-state index contributed by atoms with van der Waals surface area (Å²) in [6.45, 7) is 1.93. The predicted octanol–water partition coefficient (Wildman–Crippen LogP) is 3.83. The summed E-state index contributed by atoms with van der Waals surface area (Å²) in [5, 5.41) is 18.8. The fraction of sp³-hybridized carbons (Fsp3) is 0.0667. The number of aromatic nitrogens is 4. The van der Waals surface area contributed by atoms with Crippen LogP contribution >= 0.6 is 22.9 Å². The zero-order valence-electron chi connectivity index (χ0n) is 12.1. The minimum Gasteiger partial charge on any atom is -0.259 e. The van der Waals surface area contributed by atoms with E-state index in [-0.39, 0.29) is 0 Å². The first-order valence-corrected chi connectivity index (χ1v) is 8.06. The second kappa shape index (κ2) is 5.60. The third-order valence-corrected chi connectivity index (χ3v) is 4.76. The van der Waals surface area contributed by atoms with Crippen LogP contribution in [0.5, 0.6) is 0 Å². The fourth-order valence-corrected chi connectivity index (χ4v) is 3.30. The maximum Gasteiger partial charge on any atom is 0.185 e.